The number of aromatic amines is 1. The number of benzene rings is 1. The molecule has 2 aromatic rings. The molecule has 1 aromatic heterocycles. The van der Waals surface area contributed by atoms with Crippen LogP contribution in [-0.4, -0.2) is 33.8 Å². The van der Waals surface area contributed by atoms with E-state index in [9.17, 15) is 9.59 Å². The summed E-state index contributed by atoms with van der Waals surface area (Å²) in [7, 11) is 0. The molecule has 1 atom stereocenters. The van der Waals surface area contributed by atoms with Crippen molar-refractivity contribution in [3.8, 4) is 0 Å². The van der Waals surface area contributed by atoms with Gasteiger partial charge in [-0.2, -0.15) is 0 Å². The topological polar surface area (TPSA) is 91.4 Å². The molecule has 0 aliphatic heterocycles. The third-order valence-corrected chi connectivity index (χ3v) is 3.28. The van der Waals surface area contributed by atoms with Crippen LogP contribution in [0.5, 0.6) is 0 Å². The standard InChI is InChI=1S/C17H22N2O4/c1-17(2,3)23-16(22)19-12(9-15(20)21)8-11-10-18-14-7-5-4-6-13(11)14/h4-7,10,12,18H,8-9H2,1-3H3,(H,19,22)(H,20,21)/t12-/m0/s1. The molecular weight excluding hydrogens is 296 g/mol. The Balaban J connectivity index is 2.12. The number of carboxylic acid groups (broad SMARTS) is 1. The molecule has 23 heavy (non-hydrogen) atoms. The van der Waals surface area contributed by atoms with Gasteiger partial charge in [-0.1, -0.05) is 18.2 Å². The van der Waals surface area contributed by atoms with Gasteiger partial charge in [-0.25, -0.2) is 4.79 Å². The fourth-order valence-corrected chi connectivity index (χ4v) is 2.43. The summed E-state index contributed by atoms with van der Waals surface area (Å²) in [5.74, 6) is -0.967. The number of H-pyrrole nitrogens is 1. The van der Waals surface area contributed by atoms with Gasteiger partial charge in [0.05, 0.1) is 6.42 Å². The fourth-order valence-electron chi connectivity index (χ4n) is 2.43. The molecule has 0 radical (unpaired) electrons. The third-order valence-electron chi connectivity index (χ3n) is 3.28. The molecule has 0 saturated carbocycles. The summed E-state index contributed by atoms with van der Waals surface area (Å²) >= 11 is 0. The van der Waals surface area contributed by atoms with Gasteiger partial charge in [-0.15, -0.1) is 0 Å². The molecule has 6 nitrogen and oxygen atoms in total. The Hall–Kier alpha value is -2.50. The smallest absolute Gasteiger partial charge is 0.407 e. The van der Waals surface area contributed by atoms with Crippen molar-refractivity contribution in [3.63, 3.8) is 0 Å². The Morgan fingerprint density at radius 3 is 2.65 bits per heavy atom. The van der Waals surface area contributed by atoms with Gasteiger partial charge in [-0.05, 0) is 38.8 Å². The summed E-state index contributed by atoms with van der Waals surface area (Å²) in [6.07, 6.45) is 1.48. The quantitative estimate of drug-likeness (QED) is 0.790. The number of fused-ring (bicyclic) bond motifs is 1. The van der Waals surface area contributed by atoms with Crippen molar-refractivity contribution in [3.05, 3.63) is 36.0 Å². The number of carbonyl (C=O) groups is 2. The molecule has 0 unspecified atom stereocenters. The molecule has 1 aromatic carbocycles. The predicted molar refractivity (Wildman–Crippen MR) is 87.4 cm³/mol. The minimum atomic E-state index is -0.967. The van der Waals surface area contributed by atoms with Gasteiger partial charge in [0.15, 0.2) is 0 Å². The molecule has 6 heteroatoms. The van der Waals surface area contributed by atoms with Crippen molar-refractivity contribution < 1.29 is 19.4 Å². The maximum Gasteiger partial charge on any atom is 0.407 e. The van der Waals surface area contributed by atoms with Crippen LogP contribution in [0.3, 0.4) is 0 Å². The summed E-state index contributed by atoms with van der Waals surface area (Å²) in [5, 5.41) is 12.7. The Morgan fingerprint density at radius 2 is 2.00 bits per heavy atom. The summed E-state index contributed by atoms with van der Waals surface area (Å²) in [5.41, 5.74) is 1.32. The van der Waals surface area contributed by atoms with Gasteiger partial charge in [0.2, 0.25) is 0 Å². The molecule has 1 amide bonds. The average Bonchev–Trinajstić information content (AvgIpc) is 2.79. The van der Waals surface area contributed by atoms with Crippen LogP contribution in [0.1, 0.15) is 32.8 Å². The van der Waals surface area contributed by atoms with Crippen LogP contribution in [0.25, 0.3) is 10.9 Å². The highest BCUT2D eigenvalue weighted by Gasteiger charge is 2.22. The first-order valence-corrected chi connectivity index (χ1v) is 7.51. The lowest BCUT2D eigenvalue weighted by Gasteiger charge is -2.23. The number of carboxylic acids is 1. The Morgan fingerprint density at radius 1 is 1.30 bits per heavy atom. The highest BCUT2D eigenvalue weighted by Crippen LogP contribution is 2.20. The van der Waals surface area contributed by atoms with Gasteiger partial charge < -0.3 is 20.1 Å². The first-order chi connectivity index (χ1) is 10.7. The molecule has 0 saturated heterocycles. The Labute approximate surface area is 134 Å². The van der Waals surface area contributed by atoms with Crippen molar-refractivity contribution in [2.75, 3.05) is 0 Å². The van der Waals surface area contributed by atoms with Crippen LogP contribution in [0.15, 0.2) is 30.5 Å². The largest absolute Gasteiger partial charge is 0.481 e. The summed E-state index contributed by atoms with van der Waals surface area (Å²) in [4.78, 5) is 26.1. The van der Waals surface area contributed by atoms with Gasteiger partial charge in [-0.3, -0.25) is 4.79 Å². The van der Waals surface area contributed by atoms with E-state index >= 15 is 0 Å². The van der Waals surface area contributed by atoms with Gasteiger partial charge >= 0.3 is 12.1 Å². The normalized spacial score (nSPS) is 12.8. The number of para-hydroxylation sites is 1. The van der Waals surface area contributed by atoms with Gasteiger partial charge in [0.1, 0.15) is 5.60 Å². The van der Waals surface area contributed by atoms with E-state index in [1.54, 1.807) is 20.8 Å². The second-order valence-corrected chi connectivity index (χ2v) is 6.50. The minimum absolute atomic E-state index is 0.168. The number of aliphatic carboxylic acids is 1. The maximum atomic E-state index is 11.9. The molecule has 0 aliphatic rings. The number of aromatic nitrogens is 1. The SMILES string of the molecule is CC(C)(C)OC(=O)N[C@H](CC(=O)O)Cc1c[nH]c2ccccc12. The lowest BCUT2D eigenvalue weighted by Crippen LogP contribution is -2.41. The molecular formula is C17H22N2O4. The van der Waals surface area contributed by atoms with E-state index in [2.05, 4.69) is 10.3 Å². The first-order valence-electron chi connectivity index (χ1n) is 7.51. The van der Waals surface area contributed by atoms with Crippen molar-refractivity contribution in [1.29, 1.82) is 0 Å². The number of ether oxygens (including phenoxy) is 1. The molecule has 1 heterocycles. The Bertz CT molecular complexity index is 700. The number of hydrogen-bond acceptors (Lipinski definition) is 3. The lowest BCUT2D eigenvalue weighted by molar-refractivity contribution is -0.137. The van der Waals surface area contributed by atoms with Crippen LogP contribution in [0.4, 0.5) is 4.79 Å². The summed E-state index contributed by atoms with van der Waals surface area (Å²) in [6, 6.07) is 7.23. The van der Waals surface area contributed by atoms with Crippen molar-refractivity contribution in [1.82, 2.24) is 10.3 Å². The van der Waals surface area contributed by atoms with E-state index in [4.69, 9.17) is 9.84 Å². The van der Waals surface area contributed by atoms with E-state index in [0.29, 0.717) is 6.42 Å². The first kappa shape index (κ1) is 16.9. The zero-order chi connectivity index (χ0) is 17.0. The van der Waals surface area contributed by atoms with Gasteiger partial charge in [0.25, 0.3) is 0 Å². The van der Waals surface area contributed by atoms with Crippen molar-refractivity contribution in [2.24, 2.45) is 0 Å². The molecule has 2 rings (SSSR count). The third kappa shape index (κ3) is 5.02. The van der Waals surface area contributed by atoms with E-state index in [-0.39, 0.29) is 6.42 Å². The molecule has 0 spiro atoms. The summed E-state index contributed by atoms with van der Waals surface area (Å²) < 4.78 is 5.21. The molecule has 124 valence electrons. The van der Waals surface area contributed by atoms with Gasteiger partial charge in [0, 0.05) is 23.1 Å². The zero-order valence-electron chi connectivity index (χ0n) is 13.6. The number of amides is 1. The predicted octanol–water partition coefficient (Wildman–Crippen LogP) is 3.08. The minimum Gasteiger partial charge on any atom is -0.481 e. The molecule has 0 bridgehead atoms. The van der Waals surface area contributed by atoms with E-state index in [1.807, 2.05) is 30.5 Å². The van der Waals surface area contributed by atoms with E-state index < -0.39 is 23.7 Å². The molecule has 3 N–H and O–H groups in total. The number of carbonyl (C=O) groups excluding carboxylic acids is 1. The number of alkyl carbamates (subject to hydrolysis) is 1. The second kappa shape index (κ2) is 6.73. The number of nitrogens with one attached hydrogen (secondary N) is 2. The summed E-state index contributed by atoms with van der Waals surface area (Å²) in [6.45, 7) is 5.29. The number of rotatable bonds is 5. The van der Waals surface area contributed by atoms with Crippen LogP contribution in [0, 0.1) is 0 Å². The Kier molecular flexibility index (Phi) is 4.93. The monoisotopic (exact) mass is 318 g/mol. The van der Waals surface area contributed by atoms with Crippen LogP contribution >= 0.6 is 0 Å². The highest BCUT2D eigenvalue weighted by molar-refractivity contribution is 5.83. The van der Waals surface area contributed by atoms with Crippen LogP contribution in [-0.2, 0) is 16.0 Å². The second-order valence-electron chi connectivity index (χ2n) is 6.50. The average molecular weight is 318 g/mol. The molecule has 0 aliphatic carbocycles. The van der Waals surface area contributed by atoms with E-state index in [0.717, 1.165) is 16.5 Å². The fraction of sp³-hybridized carbons (Fsp3) is 0.412. The highest BCUT2D eigenvalue weighted by atomic mass is 16.6. The number of hydrogen-bond donors (Lipinski definition) is 3. The lowest BCUT2D eigenvalue weighted by atomic mass is 10.0. The maximum absolute atomic E-state index is 11.9. The molecule has 0 fully saturated rings. The van der Waals surface area contributed by atoms with E-state index in [1.165, 1.54) is 0 Å². The van der Waals surface area contributed by atoms with Crippen LogP contribution in [0.2, 0.25) is 0 Å². The van der Waals surface area contributed by atoms with Crippen LogP contribution < -0.4 is 5.32 Å². The van der Waals surface area contributed by atoms with Crippen molar-refractivity contribution in [2.45, 2.75) is 45.3 Å². The van der Waals surface area contributed by atoms with Crippen molar-refractivity contribution >= 4 is 23.0 Å². The zero-order valence-corrected chi connectivity index (χ0v) is 13.6.